The van der Waals surface area contributed by atoms with Gasteiger partial charge in [0, 0.05) is 24.7 Å². The highest BCUT2D eigenvalue weighted by atomic mass is 16.2. The Balaban J connectivity index is 1.75. The summed E-state index contributed by atoms with van der Waals surface area (Å²) in [4.78, 5) is 28.2. The summed E-state index contributed by atoms with van der Waals surface area (Å²) in [5, 5.41) is 2.95. The van der Waals surface area contributed by atoms with Gasteiger partial charge in [-0.05, 0) is 38.9 Å². The highest BCUT2D eigenvalue weighted by Crippen LogP contribution is 2.11. The molecule has 0 aromatic carbocycles. The number of rotatable bonds is 5. The molecule has 2 rings (SSSR count). The first-order valence-electron chi connectivity index (χ1n) is 7.37. The standard InChI is InChI=1S/C15H23N3O2/c1-12(18-10-3-2-4-11-18)15(20)16-9-8-13-6-5-7-14(19)17-13/h5-7,12H,2-4,8-11H2,1H3,(H,16,20)(H,17,19)/t12-/m0/s1. The lowest BCUT2D eigenvalue weighted by Crippen LogP contribution is -2.47. The van der Waals surface area contributed by atoms with Crippen LogP contribution in [0.2, 0.25) is 0 Å². The number of nitrogens with one attached hydrogen (secondary N) is 2. The first-order chi connectivity index (χ1) is 9.66. The molecule has 1 aliphatic rings. The number of H-pyrrole nitrogens is 1. The molecule has 1 atom stereocenters. The summed E-state index contributed by atoms with van der Waals surface area (Å²) >= 11 is 0. The van der Waals surface area contributed by atoms with Gasteiger partial charge in [0.25, 0.3) is 0 Å². The van der Waals surface area contributed by atoms with E-state index in [1.807, 2.05) is 13.0 Å². The molecule has 5 nitrogen and oxygen atoms in total. The molecule has 20 heavy (non-hydrogen) atoms. The minimum Gasteiger partial charge on any atom is -0.354 e. The van der Waals surface area contributed by atoms with E-state index in [0.717, 1.165) is 18.8 Å². The van der Waals surface area contributed by atoms with Gasteiger partial charge in [-0.2, -0.15) is 0 Å². The molecule has 0 saturated carbocycles. The Labute approximate surface area is 119 Å². The third kappa shape index (κ3) is 4.20. The van der Waals surface area contributed by atoms with Crippen molar-refractivity contribution >= 4 is 5.91 Å². The Hall–Kier alpha value is -1.62. The number of amides is 1. The Morgan fingerprint density at radius 2 is 2.10 bits per heavy atom. The summed E-state index contributed by atoms with van der Waals surface area (Å²) < 4.78 is 0. The van der Waals surface area contributed by atoms with Gasteiger partial charge in [-0.1, -0.05) is 12.5 Å². The van der Waals surface area contributed by atoms with Crippen LogP contribution in [-0.4, -0.2) is 41.5 Å². The SMILES string of the molecule is C[C@@H](C(=O)NCCc1cccc(=O)[nH]1)N1CCCCC1. The summed E-state index contributed by atoms with van der Waals surface area (Å²) in [7, 11) is 0. The number of aromatic nitrogens is 1. The number of carbonyl (C=O) groups is 1. The first kappa shape index (κ1) is 14.8. The van der Waals surface area contributed by atoms with Crippen LogP contribution >= 0.6 is 0 Å². The number of piperidine rings is 1. The van der Waals surface area contributed by atoms with Crippen molar-refractivity contribution in [2.45, 2.75) is 38.6 Å². The average molecular weight is 277 g/mol. The Bertz CT molecular complexity index is 492. The van der Waals surface area contributed by atoms with E-state index in [1.54, 1.807) is 6.07 Å². The third-order valence-electron chi connectivity index (χ3n) is 3.84. The zero-order chi connectivity index (χ0) is 14.4. The van der Waals surface area contributed by atoms with Gasteiger partial charge in [0.2, 0.25) is 11.5 Å². The Morgan fingerprint density at radius 3 is 2.80 bits per heavy atom. The van der Waals surface area contributed by atoms with Crippen LogP contribution < -0.4 is 10.9 Å². The van der Waals surface area contributed by atoms with E-state index in [9.17, 15) is 9.59 Å². The number of nitrogens with zero attached hydrogens (tertiary/aromatic N) is 1. The van der Waals surface area contributed by atoms with Gasteiger partial charge in [-0.25, -0.2) is 0 Å². The summed E-state index contributed by atoms with van der Waals surface area (Å²) in [6.07, 6.45) is 4.28. The maximum Gasteiger partial charge on any atom is 0.248 e. The number of hydrogen-bond donors (Lipinski definition) is 2. The van der Waals surface area contributed by atoms with Crippen molar-refractivity contribution in [3.63, 3.8) is 0 Å². The topological polar surface area (TPSA) is 65.2 Å². The molecule has 110 valence electrons. The molecule has 1 saturated heterocycles. The summed E-state index contributed by atoms with van der Waals surface area (Å²) in [5.74, 6) is 0.0742. The monoisotopic (exact) mass is 277 g/mol. The zero-order valence-corrected chi connectivity index (χ0v) is 12.0. The molecule has 5 heteroatoms. The second kappa shape index (κ2) is 7.24. The molecule has 0 bridgehead atoms. The van der Waals surface area contributed by atoms with Crippen LogP contribution in [0.1, 0.15) is 31.9 Å². The lowest BCUT2D eigenvalue weighted by Gasteiger charge is -2.31. The second-order valence-electron chi connectivity index (χ2n) is 5.35. The van der Waals surface area contributed by atoms with Crippen LogP contribution in [0.4, 0.5) is 0 Å². The molecule has 0 unspecified atom stereocenters. The van der Waals surface area contributed by atoms with Gasteiger partial charge in [-0.15, -0.1) is 0 Å². The number of hydrogen-bond acceptors (Lipinski definition) is 3. The van der Waals surface area contributed by atoms with E-state index >= 15 is 0 Å². The predicted molar refractivity (Wildman–Crippen MR) is 78.7 cm³/mol. The van der Waals surface area contributed by atoms with Gasteiger partial charge < -0.3 is 10.3 Å². The smallest absolute Gasteiger partial charge is 0.248 e. The largest absolute Gasteiger partial charge is 0.354 e. The quantitative estimate of drug-likeness (QED) is 0.840. The molecule has 0 radical (unpaired) electrons. The number of pyridine rings is 1. The van der Waals surface area contributed by atoms with Crippen LogP contribution in [0, 0.1) is 0 Å². The summed E-state index contributed by atoms with van der Waals surface area (Å²) in [6.45, 7) is 4.54. The molecular formula is C15H23N3O2. The van der Waals surface area contributed by atoms with Crippen LogP contribution in [0.15, 0.2) is 23.0 Å². The van der Waals surface area contributed by atoms with Crippen LogP contribution in [0.3, 0.4) is 0 Å². The molecular weight excluding hydrogens is 254 g/mol. The predicted octanol–water partition coefficient (Wildman–Crippen LogP) is 0.908. The lowest BCUT2D eigenvalue weighted by atomic mass is 10.1. The minimum absolute atomic E-state index is 0.0647. The summed E-state index contributed by atoms with van der Waals surface area (Å²) in [5.41, 5.74) is 0.749. The first-order valence-corrected chi connectivity index (χ1v) is 7.37. The minimum atomic E-state index is -0.101. The van der Waals surface area contributed by atoms with E-state index in [1.165, 1.54) is 25.3 Å². The second-order valence-corrected chi connectivity index (χ2v) is 5.35. The Morgan fingerprint density at radius 1 is 1.35 bits per heavy atom. The fourth-order valence-corrected chi connectivity index (χ4v) is 2.58. The van der Waals surface area contributed by atoms with E-state index in [0.29, 0.717) is 13.0 Å². The Kier molecular flexibility index (Phi) is 5.35. The van der Waals surface area contributed by atoms with Crippen molar-refractivity contribution in [2.24, 2.45) is 0 Å². The highest BCUT2D eigenvalue weighted by Gasteiger charge is 2.22. The summed E-state index contributed by atoms with van der Waals surface area (Å²) in [6, 6.07) is 5.01. The molecule has 1 aliphatic heterocycles. The van der Waals surface area contributed by atoms with Crippen molar-refractivity contribution in [3.8, 4) is 0 Å². The molecule has 1 aromatic rings. The molecule has 0 spiro atoms. The van der Waals surface area contributed by atoms with Gasteiger partial charge >= 0.3 is 0 Å². The molecule has 1 fully saturated rings. The number of aromatic amines is 1. The molecule has 1 amide bonds. The molecule has 0 aliphatic carbocycles. The van der Waals surface area contributed by atoms with E-state index in [4.69, 9.17) is 0 Å². The fraction of sp³-hybridized carbons (Fsp3) is 0.600. The van der Waals surface area contributed by atoms with Gasteiger partial charge in [0.15, 0.2) is 0 Å². The highest BCUT2D eigenvalue weighted by molar-refractivity contribution is 5.81. The van der Waals surface area contributed by atoms with Crippen LogP contribution in [-0.2, 0) is 11.2 Å². The molecule has 2 heterocycles. The van der Waals surface area contributed by atoms with Crippen molar-refractivity contribution < 1.29 is 4.79 Å². The zero-order valence-electron chi connectivity index (χ0n) is 12.0. The molecule has 1 aromatic heterocycles. The van der Waals surface area contributed by atoms with Crippen molar-refractivity contribution in [2.75, 3.05) is 19.6 Å². The lowest BCUT2D eigenvalue weighted by molar-refractivity contribution is -0.126. The van der Waals surface area contributed by atoms with E-state index in [2.05, 4.69) is 15.2 Å². The van der Waals surface area contributed by atoms with Gasteiger partial charge in [-0.3, -0.25) is 14.5 Å². The normalized spacial score (nSPS) is 17.6. The third-order valence-corrected chi connectivity index (χ3v) is 3.84. The van der Waals surface area contributed by atoms with Crippen molar-refractivity contribution in [3.05, 3.63) is 34.2 Å². The van der Waals surface area contributed by atoms with Gasteiger partial charge in [0.05, 0.1) is 6.04 Å². The molecule has 2 N–H and O–H groups in total. The number of carbonyl (C=O) groups excluding carboxylic acids is 1. The van der Waals surface area contributed by atoms with E-state index < -0.39 is 0 Å². The van der Waals surface area contributed by atoms with Crippen molar-refractivity contribution in [1.29, 1.82) is 0 Å². The maximum absolute atomic E-state index is 12.1. The van der Waals surface area contributed by atoms with Crippen LogP contribution in [0.5, 0.6) is 0 Å². The van der Waals surface area contributed by atoms with E-state index in [-0.39, 0.29) is 17.5 Å². The van der Waals surface area contributed by atoms with Crippen molar-refractivity contribution in [1.82, 2.24) is 15.2 Å². The average Bonchev–Trinajstić information content (AvgIpc) is 2.47. The maximum atomic E-state index is 12.1. The number of likely N-dealkylation sites (tertiary alicyclic amines) is 1. The van der Waals surface area contributed by atoms with Gasteiger partial charge in [0.1, 0.15) is 0 Å². The fourth-order valence-electron chi connectivity index (χ4n) is 2.58. The van der Waals surface area contributed by atoms with Crippen LogP contribution in [0.25, 0.3) is 0 Å².